The fourth-order valence-electron chi connectivity index (χ4n) is 3.21. The fourth-order valence-corrected chi connectivity index (χ4v) is 3.21. The number of carbonyl (C=O) groups is 2. The zero-order valence-electron chi connectivity index (χ0n) is 13.5. The number of aromatic nitrogens is 2. The van der Waals surface area contributed by atoms with Crippen LogP contribution < -0.4 is 10.9 Å². The Bertz CT molecular complexity index is 909. The van der Waals surface area contributed by atoms with Crippen LogP contribution in [-0.2, 0) is 24.7 Å². The molecule has 3 N–H and O–H groups in total. The minimum absolute atomic E-state index is 0.386. The number of nitrogens with one attached hydrogen (secondary N) is 1. The van der Waals surface area contributed by atoms with Crippen molar-refractivity contribution in [1.29, 1.82) is 0 Å². The molecule has 0 saturated heterocycles. The molecule has 1 atom stereocenters. The van der Waals surface area contributed by atoms with Crippen LogP contribution in [-0.4, -0.2) is 37.3 Å². The van der Waals surface area contributed by atoms with Crippen molar-refractivity contribution in [2.45, 2.75) is 38.6 Å². The lowest BCUT2D eigenvalue weighted by Crippen LogP contribution is -2.42. The molecule has 1 amide bonds. The summed E-state index contributed by atoms with van der Waals surface area (Å²) in [4.78, 5) is 35.7. The molecule has 24 heavy (non-hydrogen) atoms. The molecule has 3 rings (SSSR count). The Morgan fingerprint density at radius 1 is 1.29 bits per heavy atom. The summed E-state index contributed by atoms with van der Waals surface area (Å²) in [5.41, 5.74) is 1.31. The van der Waals surface area contributed by atoms with Gasteiger partial charge in [0.25, 0.3) is 11.5 Å². The van der Waals surface area contributed by atoms with E-state index in [-0.39, 0.29) is 0 Å². The first kappa shape index (κ1) is 16.1. The van der Waals surface area contributed by atoms with Crippen molar-refractivity contribution in [3.63, 3.8) is 0 Å². The number of aromatic hydroxyl groups is 1. The Morgan fingerprint density at radius 3 is 2.62 bits per heavy atom. The molecule has 0 fully saturated rings. The summed E-state index contributed by atoms with van der Waals surface area (Å²) in [7, 11) is 1.53. The van der Waals surface area contributed by atoms with E-state index in [0.717, 1.165) is 36.9 Å². The number of hydrogen-bond acceptors (Lipinski definition) is 4. The first-order valence-corrected chi connectivity index (χ1v) is 7.82. The Morgan fingerprint density at radius 2 is 1.96 bits per heavy atom. The Balaban J connectivity index is 2.18. The van der Waals surface area contributed by atoms with Gasteiger partial charge in [-0.05, 0) is 44.2 Å². The van der Waals surface area contributed by atoms with Crippen LogP contribution in [0.2, 0.25) is 0 Å². The molecule has 2 aromatic heterocycles. The van der Waals surface area contributed by atoms with Gasteiger partial charge in [0, 0.05) is 12.7 Å². The van der Waals surface area contributed by atoms with Gasteiger partial charge >= 0.3 is 5.97 Å². The highest BCUT2D eigenvalue weighted by Crippen LogP contribution is 2.30. The summed E-state index contributed by atoms with van der Waals surface area (Å²) in [5.74, 6) is -2.54. The standard InChI is InChI=1S/C16H19N3O5/c1-8(16(23)24)17-14(21)12-13(20)11-7-9-5-3-4-6-10(9)19(11)18(2)15(12)22/h7-8,20H,3-6H2,1-2H3,(H,17,21)(H,23,24). The predicted octanol–water partition coefficient (Wildman–Crippen LogP) is 0.425. The lowest BCUT2D eigenvalue weighted by molar-refractivity contribution is -0.138. The molecule has 0 radical (unpaired) electrons. The molecule has 1 unspecified atom stereocenters. The van der Waals surface area contributed by atoms with E-state index in [1.807, 2.05) is 0 Å². The largest absolute Gasteiger partial charge is 0.505 e. The van der Waals surface area contributed by atoms with Gasteiger partial charge in [-0.3, -0.25) is 18.9 Å². The molecule has 0 bridgehead atoms. The summed E-state index contributed by atoms with van der Waals surface area (Å²) >= 11 is 0. The number of amides is 1. The Labute approximate surface area is 137 Å². The molecule has 1 aliphatic rings. The van der Waals surface area contributed by atoms with E-state index in [2.05, 4.69) is 5.32 Å². The molecule has 1 aliphatic carbocycles. The molecule has 2 aromatic rings. The maximum absolute atomic E-state index is 12.6. The third-order valence-electron chi connectivity index (χ3n) is 4.51. The maximum atomic E-state index is 12.6. The van der Waals surface area contributed by atoms with Crippen LogP contribution in [0.15, 0.2) is 10.9 Å². The van der Waals surface area contributed by atoms with Gasteiger partial charge in [0.1, 0.15) is 17.1 Å². The molecular formula is C16H19N3O5. The summed E-state index contributed by atoms with van der Waals surface area (Å²) in [6, 6.07) is 0.624. The van der Waals surface area contributed by atoms with Crippen LogP contribution >= 0.6 is 0 Å². The highest BCUT2D eigenvalue weighted by molar-refractivity contribution is 6.00. The molecule has 0 aliphatic heterocycles. The van der Waals surface area contributed by atoms with Crippen LogP contribution in [0.1, 0.15) is 41.4 Å². The Kier molecular flexibility index (Phi) is 3.82. The number of aliphatic carboxylic acids is 1. The normalized spacial score (nSPS) is 15.1. The molecule has 2 heterocycles. The molecule has 128 valence electrons. The summed E-state index contributed by atoms with van der Waals surface area (Å²) in [6.07, 6.45) is 3.72. The van der Waals surface area contributed by atoms with Crippen molar-refractivity contribution >= 4 is 17.4 Å². The third-order valence-corrected chi connectivity index (χ3v) is 4.51. The van der Waals surface area contributed by atoms with E-state index in [1.165, 1.54) is 18.7 Å². The number of rotatable bonds is 3. The number of hydrogen-bond donors (Lipinski definition) is 3. The molecule has 0 saturated carbocycles. The van der Waals surface area contributed by atoms with Gasteiger partial charge in [-0.25, -0.2) is 4.68 Å². The number of nitrogens with zero attached hydrogens (tertiary/aromatic N) is 2. The van der Waals surface area contributed by atoms with Gasteiger partial charge in [-0.2, -0.15) is 0 Å². The topological polar surface area (TPSA) is 113 Å². The van der Waals surface area contributed by atoms with Gasteiger partial charge in [-0.15, -0.1) is 0 Å². The SMILES string of the molecule is CC(NC(=O)c1c(O)c2cc3c(n2n(C)c1=O)CCCC3)C(=O)O. The van der Waals surface area contributed by atoms with E-state index < -0.39 is 34.8 Å². The highest BCUT2D eigenvalue weighted by atomic mass is 16.4. The second kappa shape index (κ2) is 5.70. The van der Waals surface area contributed by atoms with Gasteiger partial charge in [0.15, 0.2) is 5.75 Å². The summed E-state index contributed by atoms with van der Waals surface area (Å²) in [6.45, 7) is 1.29. The molecule has 0 spiro atoms. The zero-order chi connectivity index (χ0) is 17.6. The monoisotopic (exact) mass is 333 g/mol. The van der Waals surface area contributed by atoms with Crippen molar-refractivity contribution in [2.75, 3.05) is 0 Å². The fraction of sp³-hybridized carbons (Fsp3) is 0.438. The van der Waals surface area contributed by atoms with Gasteiger partial charge in [0.2, 0.25) is 0 Å². The zero-order valence-corrected chi connectivity index (χ0v) is 13.5. The molecular weight excluding hydrogens is 314 g/mol. The lowest BCUT2D eigenvalue weighted by Gasteiger charge is -2.16. The second-order valence-corrected chi connectivity index (χ2v) is 6.11. The van der Waals surface area contributed by atoms with Crippen LogP contribution in [0.25, 0.3) is 5.52 Å². The van der Waals surface area contributed by atoms with Gasteiger partial charge in [-0.1, -0.05) is 0 Å². The number of carboxylic acids is 1. The Hall–Kier alpha value is -2.77. The first-order chi connectivity index (χ1) is 11.3. The third kappa shape index (κ3) is 2.34. The number of carbonyl (C=O) groups excluding carboxylic acids is 1. The number of aryl methyl sites for hydroxylation is 3. The van der Waals surface area contributed by atoms with Crippen molar-refractivity contribution in [3.05, 3.63) is 33.2 Å². The van der Waals surface area contributed by atoms with Crippen LogP contribution in [0.4, 0.5) is 0 Å². The summed E-state index contributed by atoms with van der Waals surface area (Å²) < 4.78 is 2.93. The lowest BCUT2D eigenvalue weighted by atomic mass is 9.98. The quantitative estimate of drug-likeness (QED) is 0.754. The van der Waals surface area contributed by atoms with Crippen LogP contribution in [0.3, 0.4) is 0 Å². The minimum Gasteiger partial charge on any atom is -0.505 e. The van der Waals surface area contributed by atoms with Crippen LogP contribution in [0.5, 0.6) is 5.75 Å². The van der Waals surface area contributed by atoms with E-state index in [4.69, 9.17) is 5.11 Å². The van der Waals surface area contributed by atoms with Gasteiger partial charge < -0.3 is 15.5 Å². The van der Waals surface area contributed by atoms with E-state index in [0.29, 0.717) is 5.52 Å². The van der Waals surface area contributed by atoms with Gasteiger partial charge in [0.05, 0.1) is 0 Å². The smallest absolute Gasteiger partial charge is 0.325 e. The van der Waals surface area contributed by atoms with E-state index in [1.54, 1.807) is 10.6 Å². The van der Waals surface area contributed by atoms with E-state index >= 15 is 0 Å². The van der Waals surface area contributed by atoms with Crippen LogP contribution in [0, 0.1) is 0 Å². The maximum Gasteiger partial charge on any atom is 0.325 e. The summed E-state index contributed by atoms with van der Waals surface area (Å²) in [5, 5.41) is 21.6. The van der Waals surface area contributed by atoms with Crippen molar-refractivity contribution in [2.24, 2.45) is 7.05 Å². The second-order valence-electron chi connectivity index (χ2n) is 6.11. The predicted molar refractivity (Wildman–Crippen MR) is 85.5 cm³/mol. The van der Waals surface area contributed by atoms with Crippen molar-refractivity contribution < 1.29 is 19.8 Å². The highest BCUT2D eigenvalue weighted by Gasteiger charge is 2.27. The average molecular weight is 333 g/mol. The number of carboxylic acid groups (broad SMARTS) is 1. The average Bonchev–Trinajstić information content (AvgIpc) is 2.92. The van der Waals surface area contributed by atoms with Crippen molar-refractivity contribution in [1.82, 2.24) is 14.5 Å². The number of fused-ring (bicyclic) bond motifs is 3. The molecule has 8 heteroatoms. The first-order valence-electron chi connectivity index (χ1n) is 7.82. The van der Waals surface area contributed by atoms with Crippen molar-refractivity contribution in [3.8, 4) is 5.75 Å². The molecule has 0 aromatic carbocycles. The minimum atomic E-state index is -1.22. The van der Waals surface area contributed by atoms with E-state index in [9.17, 15) is 19.5 Å². The molecule has 8 nitrogen and oxygen atoms in total.